The second-order valence-corrected chi connectivity index (χ2v) is 6.98. The summed E-state index contributed by atoms with van der Waals surface area (Å²) in [5, 5.41) is 10.7. The molecule has 0 aromatic carbocycles. The molecule has 0 saturated carbocycles. The lowest BCUT2D eigenvalue weighted by molar-refractivity contribution is 0.823. The van der Waals surface area contributed by atoms with Gasteiger partial charge in [0.25, 0.3) is 5.56 Å². The standard InChI is InChI=1S/C15H15ClN4OS/c1-8(2)22-15-19-13(9(3)14(21)20-15)11(6-17)10-4-5-18-7-12(10)16/h4-5,7-8,11H,1-3H3,(H,19,20,21). The van der Waals surface area contributed by atoms with E-state index in [2.05, 4.69) is 21.0 Å². The van der Waals surface area contributed by atoms with Gasteiger partial charge in [0.15, 0.2) is 5.16 Å². The predicted molar refractivity (Wildman–Crippen MR) is 87.3 cm³/mol. The summed E-state index contributed by atoms with van der Waals surface area (Å²) >= 11 is 7.57. The summed E-state index contributed by atoms with van der Waals surface area (Å²) in [5.74, 6) is -0.704. The van der Waals surface area contributed by atoms with Crippen molar-refractivity contribution >= 4 is 23.4 Å². The summed E-state index contributed by atoms with van der Waals surface area (Å²) in [4.78, 5) is 23.2. The molecule has 1 atom stereocenters. The summed E-state index contributed by atoms with van der Waals surface area (Å²) in [5.41, 5.74) is 1.22. The number of nitrogens with zero attached hydrogens (tertiary/aromatic N) is 3. The molecule has 0 bridgehead atoms. The number of halogens is 1. The monoisotopic (exact) mass is 334 g/mol. The van der Waals surface area contributed by atoms with E-state index in [-0.39, 0.29) is 10.8 Å². The van der Waals surface area contributed by atoms with Crippen LogP contribution in [0.25, 0.3) is 0 Å². The van der Waals surface area contributed by atoms with Crippen LogP contribution in [0.3, 0.4) is 0 Å². The maximum atomic E-state index is 12.1. The van der Waals surface area contributed by atoms with Crippen molar-refractivity contribution in [3.8, 4) is 6.07 Å². The van der Waals surface area contributed by atoms with Crippen molar-refractivity contribution in [1.82, 2.24) is 15.0 Å². The van der Waals surface area contributed by atoms with Crippen LogP contribution in [0.5, 0.6) is 0 Å². The first-order valence-electron chi connectivity index (χ1n) is 6.70. The first-order valence-corrected chi connectivity index (χ1v) is 7.96. The van der Waals surface area contributed by atoms with Gasteiger partial charge < -0.3 is 4.98 Å². The Balaban J connectivity index is 2.59. The summed E-state index contributed by atoms with van der Waals surface area (Å²) in [6.07, 6.45) is 3.05. The molecule has 0 aliphatic rings. The van der Waals surface area contributed by atoms with E-state index in [9.17, 15) is 10.1 Å². The van der Waals surface area contributed by atoms with Crippen LogP contribution in [0, 0.1) is 18.3 Å². The molecule has 2 aromatic rings. The molecule has 1 unspecified atom stereocenters. The first kappa shape index (κ1) is 16.5. The van der Waals surface area contributed by atoms with Crippen LogP contribution in [0.1, 0.15) is 36.6 Å². The normalized spacial score (nSPS) is 12.2. The van der Waals surface area contributed by atoms with E-state index in [1.165, 1.54) is 18.0 Å². The van der Waals surface area contributed by atoms with E-state index < -0.39 is 5.92 Å². The van der Waals surface area contributed by atoms with E-state index in [0.29, 0.717) is 27.0 Å². The van der Waals surface area contributed by atoms with Crippen LogP contribution < -0.4 is 5.56 Å². The van der Waals surface area contributed by atoms with E-state index in [4.69, 9.17) is 11.6 Å². The Hall–Kier alpha value is -1.84. The quantitative estimate of drug-likeness (QED) is 0.685. The van der Waals surface area contributed by atoms with E-state index >= 15 is 0 Å². The largest absolute Gasteiger partial charge is 0.301 e. The molecule has 22 heavy (non-hydrogen) atoms. The fourth-order valence-electron chi connectivity index (χ4n) is 1.99. The van der Waals surface area contributed by atoms with Crippen LogP contribution >= 0.6 is 23.4 Å². The number of pyridine rings is 1. The minimum atomic E-state index is -0.704. The zero-order valence-corrected chi connectivity index (χ0v) is 14.0. The van der Waals surface area contributed by atoms with Crippen LogP contribution in [0.15, 0.2) is 28.4 Å². The smallest absolute Gasteiger partial charge is 0.254 e. The number of nitrogens with one attached hydrogen (secondary N) is 1. The Morgan fingerprint density at radius 2 is 2.18 bits per heavy atom. The van der Waals surface area contributed by atoms with Crippen molar-refractivity contribution in [2.45, 2.75) is 37.1 Å². The second-order valence-electron chi connectivity index (χ2n) is 5.01. The molecule has 0 spiro atoms. The Kier molecular flexibility index (Phi) is 5.22. The van der Waals surface area contributed by atoms with Gasteiger partial charge in [0.2, 0.25) is 0 Å². The average Bonchev–Trinajstić information content (AvgIpc) is 2.46. The second kappa shape index (κ2) is 6.95. The average molecular weight is 335 g/mol. The Bertz CT molecular complexity index is 782. The number of thioether (sulfide) groups is 1. The van der Waals surface area contributed by atoms with E-state index in [0.717, 1.165) is 0 Å². The maximum absolute atomic E-state index is 12.1. The predicted octanol–water partition coefficient (Wildman–Crippen LogP) is 3.28. The Labute approximate surface area is 137 Å². The molecule has 0 amide bonds. The molecule has 0 aliphatic heterocycles. The van der Waals surface area contributed by atoms with Gasteiger partial charge in [-0.15, -0.1) is 0 Å². The van der Waals surface area contributed by atoms with E-state index in [1.807, 2.05) is 13.8 Å². The lowest BCUT2D eigenvalue weighted by Gasteiger charge is -2.14. The number of rotatable bonds is 4. The molecular formula is C15H15ClN4OS. The van der Waals surface area contributed by atoms with Crippen molar-refractivity contribution in [2.75, 3.05) is 0 Å². The van der Waals surface area contributed by atoms with Crippen molar-refractivity contribution < 1.29 is 0 Å². The zero-order chi connectivity index (χ0) is 16.3. The Morgan fingerprint density at radius 3 is 2.77 bits per heavy atom. The van der Waals surface area contributed by atoms with Crippen molar-refractivity contribution in [3.05, 3.63) is 50.7 Å². The maximum Gasteiger partial charge on any atom is 0.254 e. The highest BCUT2D eigenvalue weighted by atomic mass is 35.5. The number of hydrogen-bond acceptors (Lipinski definition) is 5. The van der Waals surface area contributed by atoms with Gasteiger partial charge in [-0.2, -0.15) is 5.26 Å². The number of H-pyrrole nitrogens is 1. The lowest BCUT2D eigenvalue weighted by atomic mass is 9.95. The molecule has 2 rings (SSSR count). The molecule has 114 valence electrons. The molecule has 2 heterocycles. The van der Waals surface area contributed by atoms with E-state index in [1.54, 1.807) is 19.2 Å². The zero-order valence-electron chi connectivity index (χ0n) is 12.4. The van der Waals surface area contributed by atoms with Crippen LogP contribution in [0.4, 0.5) is 0 Å². The lowest BCUT2D eigenvalue weighted by Crippen LogP contribution is -2.19. The summed E-state index contributed by atoms with van der Waals surface area (Å²) in [6, 6.07) is 3.86. The third-order valence-corrected chi connectivity index (χ3v) is 4.24. The van der Waals surface area contributed by atoms with Crippen LogP contribution in [-0.2, 0) is 0 Å². The molecule has 7 heteroatoms. The highest BCUT2D eigenvalue weighted by molar-refractivity contribution is 7.99. The van der Waals surface area contributed by atoms with Gasteiger partial charge in [-0.3, -0.25) is 9.78 Å². The number of hydrogen-bond donors (Lipinski definition) is 1. The van der Waals surface area contributed by atoms with Crippen molar-refractivity contribution in [1.29, 1.82) is 5.26 Å². The summed E-state index contributed by atoms with van der Waals surface area (Å²) in [7, 11) is 0. The fourth-order valence-corrected chi connectivity index (χ4v) is 2.96. The first-order chi connectivity index (χ1) is 10.4. The van der Waals surface area contributed by atoms with Gasteiger partial charge in [-0.1, -0.05) is 37.2 Å². The topological polar surface area (TPSA) is 82.4 Å². The summed E-state index contributed by atoms with van der Waals surface area (Å²) in [6.45, 7) is 5.67. The number of aromatic nitrogens is 3. The SMILES string of the molecule is Cc1c(C(C#N)c2ccncc2Cl)nc(SC(C)C)[nH]c1=O. The van der Waals surface area contributed by atoms with Gasteiger partial charge in [0.1, 0.15) is 5.92 Å². The number of aromatic amines is 1. The van der Waals surface area contributed by atoms with Gasteiger partial charge in [-0.25, -0.2) is 4.98 Å². The molecule has 5 nitrogen and oxygen atoms in total. The van der Waals surface area contributed by atoms with Crippen LogP contribution in [0.2, 0.25) is 5.02 Å². The fraction of sp³-hybridized carbons (Fsp3) is 0.333. The van der Waals surface area contributed by atoms with Gasteiger partial charge >= 0.3 is 0 Å². The third kappa shape index (κ3) is 3.49. The minimum absolute atomic E-state index is 0.237. The third-order valence-electron chi connectivity index (χ3n) is 3.03. The van der Waals surface area contributed by atoms with Gasteiger partial charge in [0.05, 0.1) is 16.8 Å². The van der Waals surface area contributed by atoms with Gasteiger partial charge in [-0.05, 0) is 18.6 Å². The van der Waals surface area contributed by atoms with Crippen molar-refractivity contribution in [2.24, 2.45) is 0 Å². The van der Waals surface area contributed by atoms with Crippen molar-refractivity contribution in [3.63, 3.8) is 0 Å². The minimum Gasteiger partial charge on any atom is -0.301 e. The summed E-state index contributed by atoms with van der Waals surface area (Å²) < 4.78 is 0. The van der Waals surface area contributed by atoms with Crippen LogP contribution in [-0.4, -0.2) is 20.2 Å². The highest BCUT2D eigenvalue weighted by Crippen LogP contribution is 2.30. The molecule has 1 N–H and O–H groups in total. The highest BCUT2D eigenvalue weighted by Gasteiger charge is 2.22. The Morgan fingerprint density at radius 1 is 1.45 bits per heavy atom. The molecule has 0 fully saturated rings. The molecule has 0 saturated heterocycles. The molecule has 0 aliphatic carbocycles. The van der Waals surface area contributed by atoms with Gasteiger partial charge in [0, 0.05) is 23.2 Å². The number of nitriles is 1. The molecule has 0 radical (unpaired) electrons. The molecule has 2 aromatic heterocycles. The molecular weight excluding hydrogens is 320 g/mol.